The smallest absolute Gasteiger partial charge is 0.460 e. The van der Waals surface area contributed by atoms with Crippen molar-refractivity contribution in [3.05, 3.63) is 29.8 Å². The summed E-state index contributed by atoms with van der Waals surface area (Å²) in [4.78, 5) is 24.9. The summed E-state index contributed by atoms with van der Waals surface area (Å²) >= 11 is 0. The zero-order valence-corrected chi connectivity index (χ0v) is 12.9. The van der Waals surface area contributed by atoms with E-state index in [0.717, 1.165) is 12.1 Å². The molecule has 0 aliphatic rings. The summed E-state index contributed by atoms with van der Waals surface area (Å²) in [7, 11) is 0. The highest BCUT2D eigenvalue weighted by Gasteiger charge is 2.77. The number of halogens is 7. The molecule has 0 atom stereocenters. The topological polar surface area (TPSA) is 117 Å². The molecule has 150 valence electrons. The van der Waals surface area contributed by atoms with E-state index in [4.69, 9.17) is 16.2 Å². The molecule has 0 aromatic heterocycles. The molecule has 0 aliphatic carbocycles. The van der Waals surface area contributed by atoms with E-state index in [1.165, 1.54) is 12.1 Å². The molecular weight excluding hydrogens is 395 g/mol. The molecule has 0 aliphatic heterocycles. The number of amides is 1. The number of nitrogens with two attached hydrogens (primary N) is 2. The van der Waals surface area contributed by atoms with Crippen LogP contribution in [0.2, 0.25) is 0 Å². The number of nitrogens with zero attached hydrogens (tertiary/aromatic N) is 1. The zero-order chi connectivity index (χ0) is 21.0. The van der Waals surface area contributed by atoms with Gasteiger partial charge in [0.05, 0.1) is 0 Å². The molecule has 0 saturated heterocycles. The van der Waals surface area contributed by atoms with Gasteiger partial charge < -0.3 is 21.0 Å². The molecule has 1 amide bonds. The second-order valence-electron chi connectivity index (χ2n) is 4.78. The molecule has 14 heteroatoms. The van der Waals surface area contributed by atoms with Gasteiger partial charge in [-0.1, -0.05) is 5.16 Å². The first-order valence-electron chi connectivity index (χ1n) is 6.59. The molecule has 1 rings (SSSR count). The van der Waals surface area contributed by atoms with Crippen LogP contribution in [0.4, 0.5) is 30.7 Å². The van der Waals surface area contributed by atoms with Crippen LogP contribution < -0.4 is 16.2 Å². The number of oxime groups is 1. The second kappa shape index (κ2) is 7.67. The summed E-state index contributed by atoms with van der Waals surface area (Å²) in [6.07, 6.45) is -6.70. The maximum Gasteiger partial charge on any atom is 0.460 e. The lowest BCUT2D eigenvalue weighted by atomic mass is 10.1. The highest BCUT2D eigenvalue weighted by atomic mass is 19.4. The van der Waals surface area contributed by atoms with Gasteiger partial charge in [0, 0.05) is 5.56 Å². The summed E-state index contributed by atoms with van der Waals surface area (Å²) in [5, 5.41) is 2.61. The Morgan fingerprint density at radius 3 is 1.93 bits per heavy atom. The summed E-state index contributed by atoms with van der Waals surface area (Å²) in [5.41, 5.74) is 10.0. The minimum atomic E-state index is -6.70. The lowest BCUT2D eigenvalue weighted by Gasteiger charge is -2.25. The van der Waals surface area contributed by atoms with Crippen molar-refractivity contribution < 1.29 is 49.9 Å². The number of rotatable bonds is 7. The van der Waals surface area contributed by atoms with Crippen LogP contribution in [0.3, 0.4) is 0 Å². The SMILES string of the molecule is NC(=O)COc1ccc(/C(N)=N/OC(=O)C(F)(F)C(F)(F)C(F)(F)F)cc1. The van der Waals surface area contributed by atoms with E-state index in [1.54, 1.807) is 0 Å². The number of alkyl halides is 7. The zero-order valence-electron chi connectivity index (χ0n) is 12.9. The molecule has 0 fully saturated rings. The number of amidine groups is 1. The number of benzene rings is 1. The Balaban J connectivity index is 2.86. The summed E-state index contributed by atoms with van der Waals surface area (Å²) in [6, 6.07) is 4.67. The maximum atomic E-state index is 13.0. The van der Waals surface area contributed by atoms with Gasteiger partial charge >= 0.3 is 24.0 Å². The molecule has 7 nitrogen and oxygen atoms in total. The third-order valence-electron chi connectivity index (χ3n) is 2.76. The van der Waals surface area contributed by atoms with Gasteiger partial charge in [0.15, 0.2) is 12.4 Å². The number of carbonyl (C=O) groups is 2. The Morgan fingerprint density at radius 2 is 1.48 bits per heavy atom. The number of carbonyl (C=O) groups excluding carboxylic acids is 2. The van der Waals surface area contributed by atoms with Crippen LogP contribution in [0.15, 0.2) is 29.4 Å². The van der Waals surface area contributed by atoms with Crippen LogP contribution in [-0.4, -0.2) is 42.3 Å². The molecule has 1 aromatic rings. The minimum Gasteiger partial charge on any atom is -0.484 e. The first-order chi connectivity index (χ1) is 12.2. The highest BCUT2D eigenvalue weighted by Crippen LogP contribution is 2.46. The first kappa shape index (κ1) is 22.0. The number of hydrogen-bond donors (Lipinski definition) is 2. The van der Waals surface area contributed by atoms with E-state index < -0.39 is 42.3 Å². The largest absolute Gasteiger partial charge is 0.484 e. The lowest BCUT2D eigenvalue weighted by Crippen LogP contribution is -2.56. The summed E-state index contributed by atoms with van der Waals surface area (Å²) in [5.74, 6) is -17.6. The molecule has 0 radical (unpaired) electrons. The van der Waals surface area contributed by atoms with Crippen LogP contribution >= 0.6 is 0 Å². The van der Waals surface area contributed by atoms with Gasteiger partial charge in [-0.25, -0.2) is 4.79 Å². The predicted octanol–water partition coefficient (Wildman–Crippen LogP) is 1.55. The molecule has 0 saturated carbocycles. The Bertz CT molecular complexity index is 732. The third kappa shape index (κ3) is 4.98. The Kier molecular flexibility index (Phi) is 6.25. The molecule has 0 heterocycles. The minimum absolute atomic E-state index is 0.0971. The molecular formula is C13H10F7N3O4. The Hall–Kier alpha value is -3.06. The standard InChI is InChI=1S/C13H10F7N3O4/c14-11(15,12(16,17)13(18,19)20)10(25)27-23-9(22)6-1-3-7(4-2-6)26-5-8(21)24/h1-4H,5H2,(H2,21,24)(H2,22,23). The van der Waals surface area contributed by atoms with Crippen LogP contribution in [-0.2, 0) is 14.4 Å². The summed E-state index contributed by atoms with van der Waals surface area (Å²) < 4.78 is 92.2. The van der Waals surface area contributed by atoms with Gasteiger partial charge in [0.2, 0.25) is 0 Å². The second-order valence-corrected chi connectivity index (χ2v) is 4.78. The fraction of sp³-hybridized carbons (Fsp3) is 0.308. The van der Waals surface area contributed by atoms with E-state index in [-0.39, 0.29) is 11.3 Å². The number of primary amides is 1. The van der Waals surface area contributed by atoms with Crippen molar-refractivity contribution in [2.45, 2.75) is 18.0 Å². The molecule has 0 spiro atoms. The highest BCUT2D eigenvalue weighted by molar-refractivity contribution is 5.97. The van der Waals surface area contributed by atoms with Crippen molar-refractivity contribution in [1.29, 1.82) is 0 Å². The first-order valence-corrected chi connectivity index (χ1v) is 6.59. The van der Waals surface area contributed by atoms with Gasteiger partial charge in [0.1, 0.15) is 5.75 Å². The van der Waals surface area contributed by atoms with Gasteiger partial charge in [-0.05, 0) is 24.3 Å². The average Bonchev–Trinajstić information content (AvgIpc) is 2.56. The molecule has 4 N–H and O–H groups in total. The normalized spacial score (nSPS) is 13.2. The van der Waals surface area contributed by atoms with E-state index >= 15 is 0 Å². The average molecular weight is 405 g/mol. The van der Waals surface area contributed by atoms with Crippen molar-refractivity contribution in [3.63, 3.8) is 0 Å². The van der Waals surface area contributed by atoms with Crippen LogP contribution in [0, 0.1) is 0 Å². The molecule has 1 aromatic carbocycles. The lowest BCUT2D eigenvalue weighted by molar-refractivity contribution is -0.348. The van der Waals surface area contributed by atoms with Crippen molar-refractivity contribution in [3.8, 4) is 5.75 Å². The van der Waals surface area contributed by atoms with Crippen LogP contribution in [0.25, 0.3) is 0 Å². The third-order valence-corrected chi connectivity index (χ3v) is 2.76. The maximum absolute atomic E-state index is 13.0. The van der Waals surface area contributed by atoms with Crippen molar-refractivity contribution >= 4 is 17.7 Å². The molecule has 27 heavy (non-hydrogen) atoms. The van der Waals surface area contributed by atoms with E-state index in [0.29, 0.717) is 0 Å². The van der Waals surface area contributed by atoms with E-state index in [1.807, 2.05) is 0 Å². The van der Waals surface area contributed by atoms with Gasteiger partial charge in [-0.2, -0.15) is 30.7 Å². The van der Waals surface area contributed by atoms with Crippen molar-refractivity contribution in [1.82, 2.24) is 0 Å². The van der Waals surface area contributed by atoms with Crippen molar-refractivity contribution in [2.24, 2.45) is 16.6 Å². The molecule has 0 unspecified atom stereocenters. The predicted molar refractivity (Wildman–Crippen MR) is 73.9 cm³/mol. The summed E-state index contributed by atoms with van der Waals surface area (Å²) in [6.45, 7) is -0.455. The van der Waals surface area contributed by atoms with Gasteiger partial charge in [-0.15, -0.1) is 0 Å². The Morgan fingerprint density at radius 1 is 0.963 bits per heavy atom. The van der Waals surface area contributed by atoms with Crippen LogP contribution in [0.5, 0.6) is 5.75 Å². The molecule has 0 bridgehead atoms. The monoisotopic (exact) mass is 405 g/mol. The van der Waals surface area contributed by atoms with Crippen molar-refractivity contribution in [2.75, 3.05) is 6.61 Å². The fourth-order valence-electron chi connectivity index (χ4n) is 1.38. The van der Waals surface area contributed by atoms with E-state index in [2.05, 4.69) is 9.99 Å². The van der Waals surface area contributed by atoms with E-state index in [9.17, 15) is 40.3 Å². The fourth-order valence-corrected chi connectivity index (χ4v) is 1.38. The number of hydrogen-bond acceptors (Lipinski definition) is 5. The van der Waals surface area contributed by atoms with Gasteiger partial charge in [0.25, 0.3) is 5.91 Å². The quantitative estimate of drug-likeness (QED) is 0.235. The van der Waals surface area contributed by atoms with Crippen LogP contribution in [0.1, 0.15) is 5.56 Å². The Labute approximate surface area is 145 Å². The number of ether oxygens (including phenoxy) is 1. The van der Waals surface area contributed by atoms with Gasteiger partial charge in [-0.3, -0.25) is 4.79 Å².